The summed E-state index contributed by atoms with van der Waals surface area (Å²) in [6.45, 7) is 0.551. The predicted molar refractivity (Wildman–Crippen MR) is 91.2 cm³/mol. The van der Waals surface area contributed by atoms with E-state index in [4.69, 9.17) is 9.15 Å². The molecule has 1 heterocycles. The van der Waals surface area contributed by atoms with Crippen molar-refractivity contribution in [3.63, 3.8) is 0 Å². The van der Waals surface area contributed by atoms with Gasteiger partial charge in [-0.15, -0.1) is 0 Å². The summed E-state index contributed by atoms with van der Waals surface area (Å²) in [6.07, 6.45) is 6.11. The van der Waals surface area contributed by atoms with Crippen LogP contribution in [0.25, 0.3) is 0 Å². The fourth-order valence-corrected chi connectivity index (χ4v) is 3.39. The van der Waals surface area contributed by atoms with Crippen LogP contribution in [-0.2, 0) is 11.3 Å². The van der Waals surface area contributed by atoms with Gasteiger partial charge in [0.25, 0.3) is 5.91 Å². The summed E-state index contributed by atoms with van der Waals surface area (Å²) in [6, 6.07) is 11.6. The minimum atomic E-state index is 0.00375. The number of carbonyl (C=O) groups excluding carboxylic acids is 1. The topological polar surface area (TPSA) is 42.7 Å². The minimum absolute atomic E-state index is 0.00375. The Hall–Kier alpha value is -1.75. The fraction of sp³-hybridized carbons (Fsp3) is 0.389. The third-order valence-electron chi connectivity index (χ3n) is 4.18. The number of rotatable bonds is 6. The third kappa shape index (κ3) is 4.16. The number of benzene rings is 1. The van der Waals surface area contributed by atoms with Gasteiger partial charge in [0.1, 0.15) is 11.5 Å². The second kappa shape index (κ2) is 7.68. The van der Waals surface area contributed by atoms with Crippen LogP contribution in [0.15, 0.2) is 51.6 Å². The molecular formula is C18H20BrNO3. The zero-order valence-electron chi connectivity index (χ0n) is 12.9. The van der Waals surface area contributed by atoms with Crippen molar-refractivity contribution in [2.75, 3.05) is 6.61 Å². The molecule has 0 spiro atoms. The van der Waals surface area contributed by atoms with E-state index in [0.717, 1.165) is 23.1 Å². The lowest BCUT2D eigenvalue weighted by Crippen LogP contribution is -2.41. The number of carbonyl (C=O) groups is 1. The molecule has 0 bridgehead atoms. The van der Waals surface area contributed by atoms with Crippen LogP contribution in [0.2, 0.25) is 0 Å². The van der Waals surface area contributed by atoms with E-state index in [1.165, 1.54) is 12.8 Å². The summed E-state index contributed by atoms with van der Waals surface area (Å²) in [5, 5.41) is 0. The van der Waals surface area contributed by atoms with Gasteiger partial charge in [-0.05, 0) is 53.0 Å². The van der Waals surface area contributed by atoms with E-state index in [-0.39, 0.29) is 18.6 Å². The molecule has 23 heavy (non-hydrogen) atoms. The monoisotopic (exact) mass is 377 g/mol. The van der Waals surface area contributed by atoms with Gasteiger partial charge in [-0.2, -0.15) is 0 Å². The third-order valence-corrected chi connectivity index (χ3v) is 4.84. The van der Waals surface area contributed by atoms with E-state index in [2.05, 4.69) is 15.9 Å². The minimum Gasteiger partial charge on any atom is -0.483 e. The Morgan fingerprint density at radius 1 is 1.22 bits per heavy atom. The van der Waals surface area contributed by atoms with Crippen molar-refractivity contribution in [2.24, 2.45) is 0 Å². The first-order chi connectivity index (χ1) is 11.2. The molecule has 0 N–H and O–H groups in total. The van der Waals surface area contributed by atoms with E-state index < -0.39 is 0 Å². The van der Waals surface area contributed by atoms with Crippen molar-refractivity contribution in [1.29, 1.82) is 0 Å². The number of amides is 1. The van der Waals surface area contributed by atoms with Crippen LogP contribution in [0.4, 0.5) is 0 Å². The molecule has 1 fully saturated rings. The van der Waals surface area contributed by atoms with Crippen molar-refractivity contribution in [3.05, 3.63) is 52.9 Å². The Morgan fingerprint density at radius 3 is 2.70 bits per heavy atom. The van der Waals surface area contributed by atoms with Crippen LogP contribution < -0.4 is 4.74 Å². The first-order valence-corrected chi connectivity index (χ1v) is 8.72. The Labute approximate surface area is 144 Å². The molecular weight excluding hydrogens is 358 g/mol. The van der Waals surface area contributed by atoms with E-state index >= 15 is 0 Å². The Bertz CT molecular complexity index is 635. The molecule has 0 aliphatic heterocycles. The van der Waals surface area contributed by atoms with Gasteiger partial charge in [0.2, 0.25) is 0 Å². The highest BCUT2D eigenvalue weighted by molar-refractivity contribution is 9.10. The molecule has 0 saturated heterocycles. The molecule has 4 nitrogen and oxygen atoms in total. The lowest BCUT2D eigenvalue weighted by molar-refractivity contribution is -0.136. The van der Waals surface area contributed by atoms with Crippen molar-refractivity contribution in [3.8, 4) is 5.75 Å². The van der Waals surface area contributed by atoms with Gasteiger partial charge < -0.3 is 14.1 Å². The lowest BCUT2D eigenvalue weighted by atomic mass is 10.2. The predicted octanol–water partition coefficient (Wildman–Crippen LogP) is 4.39. The normalized spacial score (nSPS) is 14.8. The summed E-state index contributed by atoms with van der Waals surface area (Å²) in [5.41, 5.74) is 0. The van der Waals surface area contributed by atoms with Crippen LogP contribution in [0.3, 0.4) is 0 Å². The van der Waals surface area contributed by atoms with Crippen LogP contribution in [-0.4, -0.2) is 23.5 Å². The maximum atomic E-state index is 12.7. The van der Waals surface area contributed by atoms with Crippen LogP contribution >= 0.6 is 15.9 Å². The van der Waals surface area contributed by atoms with E-state index in [1.54, 1.807) is 6.26 Å². The Morgan fingerprint density at radius 2 is 2.00 bits per heavy atom. The largest absolute Gasteiger partial charge is 0.483 e. The number of para-hydroxylation sites is 1. The maximum Gasteiger partial charge on any atom is 0.261 e. The summed E-state index contributed by atoms with van der Waals surface area (Å²) in [4.78, 5) is 14.6. The summed E-state index contributed by atoms with van der Waals surface area (Å²) in [7, 11) is 0. The fourth-order valence-electron chi connectivity index (χ4n) is 2.99. The molecule has 3 rings (SSSR count). The number of ether oxygens (including phenoxy) is 1. The van der Waals surface area contributed by atoms with E-state index in [9.17, 15) is 4.79 Å². The molecule has 1 saturated carbocycles. The van der Waals surface area contributed by atoms with Gasteiger partial charge in [-0.25, -0.2) is 0 Å². The zero-order chi connectivity index (χ0) is 16.1. The molecule has 0 atom stereocenters. The second-order valence-corrected chi connectivity index (χ2v) is 6.61. The first kappa shape index (κ1) is 16.1. The average molecular weight is 378 g/mol. The number of hydrogen-bond donors (Lipinski definition) is 0. The van der Waals surface area contributed by atoms with Gasteiger partial charge in [-0.3, -0.25) is 4.79 Å². The van der Waals surface area contributed by atoms with Gasteiger partial charge >= 0.3 is 0 Å². The van der Waals surface area contributed by atoms with Crippen molar-refractivity contribution in [2.45, 2.75) is 38.3 Å². The average Bonchev–Trinajstić information content (AvgIpc) is 3.25. The van der Waals surface area contributed by atoms with E-state index in [1.807, 2.05) is 41.3 Å². The van der Waals surface area contributed by atoms with Crippen molar-refractivity contribution >= 4 is 21.8 Å². The second-order valence-electron chi connectivity index (χ2n) is 5.76. The SMILES string of the molecule is O=C(COc1ccccc1Br)N(Cc1ccco1)C1CCCC1. The molecule has 0 unspecified atom stereocenters. The molecule has 1 aromatic carbocycles. The highest BCUT2D eigenvalue weighted by Gasteiger charge is 2.27. The quantitative estimate of drug-likeness (QED) is 0.749. The standard InChI is InChI=1S/C18H20BrNO3/c19-16-9-3-4-10-17(16)23-13-18(21)20(14-6-1-2-7-14)12-15-8-5-11-22-15/h3-5,8-11,14H,1-2,6-7,12-13H2. The van der Waals surface area contributed by atoms with Crippen LogP contribution in [0.1, 0.15) is 31.4 Å². The van der Waals surface area contributed by atoms with Crippen molar-refractivity contribution in [1.82, 2.24) is 4.90 Å². The van der Waals surface area contributed by atoms with Gasteiger partial charge in [0, 0.05) is 6.04 Å². The molecule has 1 aromatic heterocycles. The molecule has 5 heteroatoms. The summed E-state index contributed by atoms with van der Waals surface area (Å²) in [5.74, 6) is 1.50. The highest BCUT2D eigenvalue weighted by Crippen LogP contribution is 2.27. The Kier molecular flexibility index (Phi) is 5.39. The van der Waals surface area contributed by atoms with Crippen LogP contribution in [0, 0.1) is 0 Å². The highest BCUT2D eigenvalue weighted by atomic mass is 79.9. The molecule has 0 radical (unpaired) electrons. The van der Waals surface area contributed by atoms with Crippen LogP contribution in [0.5, 0.6) is 5.75 Å². The smallest absolute Gasteiger partial charge is 0.261 e. The Balaban J connectivity index is 1.66. The molecule has 122 valence electrons. The molecule has 1 aliphatic carbocycles. The van der Waals surface area contributed by atoms with Gasteiger partial charge in [0.05, 0.1) is 17.3 Å². The summed E-state index contributed by atoms with van der Waals surface area (Å²) < 4.78 is 12.0. The number of furan rings is 1. The molecule has 1 aliphatic rings. The molecule has 2 aromatic rings. The lowest BCUT2D eigenvalue weighted by Gasteiger charge is -2.28. The van der Waals surface area contributed by atoms with E-state index in [0.29, 0.717) is 12.3 Å². The van der Waals surface area contributed by atoms with Gasteiger partial charge in [-0.1, -0.05) is 25.0 Å². The zero-order valence-corrected chi connectivity index (χ0v) is 14.5. The first-order valence-electron chi connectivity index (χ1n) is 7.93. The maximum absolute atomic E-state index is 12.7. The number of nitrogens with zero attached hydrogens (tertiary/aromatic N) is 1. The number of hydrogen-bond acceptors (Lipinski definition) is 3. The van der Waals surface area contributed by atoms with Gasteiger partial charge in [0.15, 0.2) is 6.61 Å². The van der Waals surface area contributed by atoms with Crippen molar-refractivity contribution < 1.29 is 13.9 Å². The summed E-state index contributed by atoms with van der Waals surface area (Å²) >= 11 is 3.43. The molecule has 1 amide bonds. The number of halogens is 1.